The predicted molar refractivity (Wildman–Crippen MR) is 132 cm³/mol. The smallest absolute Gasteiger partial charge is 0.270 e. The SMILES string of the molecule is COc1cc(C(=O)NNC(=O)c2cc(-c3ccccc3)nc3c2c(C)nn3C)ccc1OC(C)C. The van der Waals surface area contributed by atoms with Crippen molar-refractivity contribution >= 4 is 22.8 Å². The van der Waals surface area contributed by atoms with Crippen LogP contribution in [-0.4, -0.2) is 39.8 Å². The standard InChI is InChI=1S/C26H27N5O4/c1-15(2)35-21-12-11-18(13-22(21)34-5)25(32)28-29-26(33)19-14-20(17-9-7-6-8-10-17)27-24-23(19)16(3)30-31(24)4/h6-15H,1-5H3,(H,28,32)(H,29,33). The first-order valence-electron chi connectivity index (χ1n) is 11.1. The molecule has 0 bridgehead atoms. The molecule has 0 aliphatic heterocycles. The third-order valence-corrected chi connectivity index (χ3v) is 5.36. The van der Waals surface area contributed by atoms with Gasteiger partial charge in [-0.3, -0.25) is 25.1 Å². The number of pyridine rings is 1. The molecule has 2 aromatic carbocycles. The van der Waals surface area contributed by atoms with E-state index >= 15 is 0 Å². The first-order chi connectivity index (χ1) is 16.8. The number of hydrogen-bond acceptors (Lipinski definition) is 6. The summed E-state index contributed by atoms with van der Waals surface area (Å²) in [5.41, 5.74) is 8.38. The molecule has 9 heteroatoms. The van der Waals surface area contributed by atoms with E-state index in [2.05, 4.69) is 16.0 Å². The Morgan fingerprint density at radius 1 is 0.971 bits per heavy atom. The molecule has 2 N–H and O–H groups in total. The molecule has 2 aromatic heterocycles. The van der Waals surface area contributed by atoms with Crippen LogP contribution in [0.3, 0.4) is 0 Å². The summed E-state index contributed by atoms with van der Waals surface area (Å²) >= 11 is 0. The van der Waals surface area contributed by atoms with Crippen molar-refractivity contribution in [2.24, 2.45) is 7.05 Å². The highest BCUT2D eigenvalue weighted by Crippen LogP contribution is 2.29. The Bertz CT molecular complexity index is 1400. The third-order valence-electron chi connectivity index (χ3n) is 5.36. The van der Waals surface area contributed by atoms with E-state index < -0.39 is 11.8 Å². The lowest BCUT2D eigenvalue weighted by Crippen LogP contribution is -2.41. The Morgan fingerprint density at radius 3 is 2.37 bits per heavy atom. The summed E-state index contributed by atoms with van der Waals surface area (Å²) in [6.45, 7) is 5.62. The number of nitrogens with zero attached hydrogens (tertiary/aromatic N) is 3. The monoisotopic (exact) mass is 473 g/mol. The quantitative estimate of drug-likeness (QED) is 0.413. The first kappa shape index (κ1) is 23.7. The second-order valence-electron chi connectivity index (χ2n) is 8.27. The number of carbonyl (C=O) groups excluding carboxylic acids is 2. The van der Waals surface area contributed by atoms with Crippen LogP contribution in [0.2, 0.25) is 0 Å². The van der Waals surface area contributed by atoms with Crippen molar-refractivity contribution in [3.63, 3.8) is 0 Å². The molecule has 2 heterocycles. The molecule has 0 fully saturated rings. The molecule has 0 saturated heterocycles. The highest BCUT2D eigenvalue weighted by Gasteiger charge is 2.20. The van der Waals surface area contributed by atoms with Crippen molar-refractivity contribution < 1.29 is 19.1 Å². The lowest BCUT2D eigenvalue weighted by Gasteiger charge is -2.15. The average molecular weight is 474 g/mol. The number of aryl methyl sites for hydroxylation is 2. The Labute approximate surface area is 203 Å². The van der Waals surface area contributed by atoms with Gasteiger partial charge >= 0.3 is 0 Å². The molecule has 35 heavy (non-hydrogen) atoms. The first-order valence-corrected chi connectivity index (χ1v) is 11.1. The average Bonchev–Trinajstić information content (AvgIpc) is 3.15. The van der Waals surface area contributed by atoms with E-state index in [0.717, 1.165) is 5.56 Å². The van der Waals surface area contributed by atoms with Gasteiger partial charge in [0.05, 0.1) is 35.6 Å². The molecule has 4 aromatic rings. The van der Waals surface area contributed by atoms with Crippen molar-refractivity contribution in [2.75, 3.05) is 7.11 Å². The van der Waals surface area contributed by atoms with Crippen LogP contribution in [0, 0.1) is 6.92 Å². The summed E-state index contributed by atoms with van der Waals surface area (Å²) in [7, 11) is 3.28. The summed E-state index contributed by atoms with van der Waals surface area (Å²) < 4.78 is 12.7. The number of fused-ring (bicyclic) bond motifs is 1. The third kappa shape index (κ3) is 4.93. The van der Waals surface area contributed by atoms with Gasteiger partial charge in [0.1, 0.15) is 0 Å². The summed E-state index contributed by atoms with van der Waals surface area (Å²) in [6, 6.07) is 16.1. The Morgan fingerprint density at radius 2 is 1.69 bits per heavy atom. The van der Waals surface area contributed by atoms with Crippen LogP contribution in [0.25, 0.3) is 22.3 Å². The molecule has 2 amide bonds. The van der Waals surface area contributed by atoms with Gasteiger partial charge in [-0.25, -0.2) is 4.98 Å². The molecule has 4 rings (SSSR count). The van der Waals surface area contributed by atoms with Gasteiger partial charge in [-0.05, 0) is 45.0 Å². The summed E-state index contributed by atoms with van der Waals surface area (Å²) in [5, 5.41) is 5.04. The molecule has 9 nitrogen and oxygen atoms in total. The number of amides is 2. The van der Waals surface area contributed by atoms with E-state index in [4.69, 9.17) is 14.5 Å². The molecular formula is C26H27N5O4. The fraction of sp³-hybridized carbons (Fsp3) is 0.231. The van der Waals surface area contributed by atoms with Crippen molar-refractivity contribution in [2.45, 2.75) is 26.9 Å². The predicted octanol–water partition coefficient (Wildman–Crippen LogP) is 3.81. The van der Waals surface area contributed by atoms with Crippen LogP contribution < -0.4 is 20.3 Å². The number of nitrogens with one attached hydrogen (secondary N) is 2. The van der Waals surface area contributed by atoms with Crippen LogP contribution in [0.4, 0.5) is 0 Å². The fourth-order valence-electron chi connectivity index (χ4n) is 3.79. The normalized spacial score (nSPS) is 10.9. The lowest BCUT2D eigenvalue weighted by molar-refractivity contribution is 0.0847. The molecule has 0 atom stereocenters. The number of methoxy groups -OCH3 is 1. The number of hydrogen-bond donors (Lipinski definition) is 2. The number of rotatable bonds is 6. The highest BCUT2D eigenvalue weighted by molar-refractivity contribution is 6.08. The second-order valence-corrected chi connectivity index (χ2v) is 8.27. The fourth-order valence-corrected chi connectivity index (χ4v) is 3.79. The Kier molecular flexibility index (Phi) is 6.68. The van der Waals surface area contributed by atoms with E-state index in [1.54, 1.807) is 36.0 Å². The van der Waals surface area contributed by atoms with Crippen LogP contribution in [0.1, 0.15) is 40.3 Å². The number of carbonyl (C=O) groups is 2. The van der Waals surface area contributed by atoms with Gasteiger partial charge in [0.25, 0.3) is 11.8 Å². The minimum atomic E-state index is -0.496. The minimum Gasteiger partial charge on any atom is -0.493 e. The highest BCUT2D eigenvalue weighted by atomic mass is 16.5. The summed E-state index contributed by atoms with van der Waals surface area (Å²) in [5.74, 6) is -0.0234. The topological polar surface area (TPSA) is 107 Å². The molecule has 0 spiro atoms. The van der Waals surface area contributed by atoms with E-state index in [9.17, 15) is 9.59 Å². The second kappa shape index (κ2) is 9.84. The molecule has 0 radical (unpaired) electrons. The zero-order chi connectivity index (χ0) is 25.1. The van der Waals surface area contributed by atoms with Gasteiger partial charge < -0.3 is 9.47 Å². The lowest BCUT2D eigenvalue weighted by atomic mass is 10.1. The molecule has 0 aliphatic rings. The maximum atomic E-state index is 13.2. The zero-order valence-corrected chi connectivity index (χ0v) is 20.2. The van der Waals surface area contributed by atoms with E-state index in [0.29, 0.717) is 45.0 Å². The van der Waals surface area contributed by atoms with Gasteiger partial charge in [0.15, 0.2) is 17.1 Å². The van der Waals surface area contributed by atoms with Crippen molar-refractivity contribution in [1.82, 2.24) is 25.6 Å². The van der Waals surface area contributed by atoms with Gasteiger partial charge in [0, 0.05) is 18.2 Å². The van der Waals surface area contributed by atoms with Crippen molar-refractivity contribution in [1.29, 1.82) is 0 Å². The molecule has 0 saturated carbocycles. The molecule has 180 valence electrons. The van der Waals surface area contributed by atoms with Gasteiger partial charge in [0.2, 0.25) is 0 Å². The van der Waals surface area contributed by atoms with Gasteiger partial charge in [-0.2, -0.15) is 5.10 Å². The number of benzene rings is 2. The Hall–Kier alpha value is -4.40. The van der Waals surface area contributed by atoms with Crippen LogP contribution in [0.15, 0.2) is 54.6 Å². The molecular weight excluding hydrogens is 446 g/mol. The number of hydrazine groups is 1. The van der Waals surface area contributed by atoms with Crippen LogP contribution >= 0.6 is 0 Å². The molecule has 0 unspecified atom stereocenters. The van der Waals surface area contributed by atoms with Crippen molar-refractivity contribution in [3.8, 4) is 22.8 Å². The maximum absolute atomic E-state index is 13.2. The van der Waals surface area contributed by atoms with Crippen molar-refractivity contribution in [3.05, 3.63) is 71.4 Å². The molecule has 0 aliphatic carbocycles. The number of aromatic nitrogens is 3. The van der Waals surface area contributed by atoms with E-state index in [1.807, 2.05) is 51.1 Å². The van der Waals surface area contributed by atoms with Gasteiger partial charge in [-0.15, -0.1) is 0 Å². The maximum Gasteiger partial charge on any atom is 0.270 e. The zero-order valence-electron chi connectivity index (χ0n) is 20.2. The summed E-state index contributed by atoms with van der Waals surface area (Å²) in [4.78, 5) is 30.7. The van der Waals surface area contributed by atoms with Gasteiger partial charge in [-0.1, -0.05) is 30.3 Å². The van der Waals surface area contributed by atoms with E-state index in [-0.39, 0.29) is 6.10 Å². The van der Waals surface area contributed by atoms with Crippen LogP contribution in [0.5, 0.6) is 11.5 Å². The summed E-state index contributed by atoms with van der Waals surface area (Å²) in [6.07, 6.45) is -0.0447. The number of ether oxygens (including phenoxy) is 2. The van der Waals surface area contributed by atoms with E-state index in [1.165, 1.54) is 7.11 Å². The van der Waals surface area contributed by atoms with Crippen LogP contribution in [-0.2, 0) is 7.05 Å². The Balaban J connectivity index is 1.60. The minimum absolute atomic E-state index is 0.0447. The largest absolute Gasteiger partial charge is 0.493 e.